The summed E-state index contributed by atoms with van der Waals surface area (Å²) in [5, 5.41) is 2.86. The minimum Gasteiger partial charge on any atom is -0.331 e. The van der Waals surface area contributed by atoms with Crippen molar-refractivity contribution in [2.24, 2.45) is 0 Å². The second-order valence-electron chi connectivity index (χ2n) is 5.88. The van der Waals surface area contributed by atoms with Gasteiger partial charge in [0.1, 0.15) is 0 Å². The molecule has 2 heterocycles. The number of likely N-dealkylation sites (tertiary alicyclic amines) is 1. The molecule has 1 saturated heterocycles. The van der Waals surface area contributed by atoms with E-state index < -0.39 is 0 Å². The van der Waals surface area contributed by atoms with Gasteiger partial charge in [0.25, 0.3) is 0 Å². The molecule has 25 heavy (non-hydrogen) atoms. The molecule has 1 aromatic carbocycles. The van der Waals surface area contributed by atoms with Gasteiger partial charge in [-0.2, -0.15) is 0 Å². The van der Waals surface area contributed by atoms with E-state index in [2.05, 4.69) is 10.3 Å². The molecule has 1 aliphatic heterocycles. The highest BCUT2D eigenvalue weighted by molar-refractivity contribution is 7.99. The van der Waals surface area contributed by atoms with Crippen molar-refractivity contribution < 1.29 is 9.59 Å². The van der Waals surface area contributed by atoms with E-state index in [1.807, 2.05) is 55.5 Å². The number of β-lactam (4-membered cyclic amide) rings is 1. The van der Waals surface area contributed by atoms with Gasteiger partial charge in [-0.25, -0.2) is 4.79 Å². The number of nitrogens with one attached hydrogen (secondary N) is 1. The normalized spacial score (nSPS) is 17.7. The summed E-state index contributed by atoms with van der Waals surface area (Å²) in [6.45, 7) is 2.02. The molecule has 1 N–H and O–H groups in total. The number of rotatable bonds is 6. The van der Waals surface area contributed by atoms with Crippen LogP contribution in [-0.4, -0.2) is 27.2 Å². The summed E-state index contributed by atoms with van der Waals surface area (Å²) in [6, 6.07) is 15.2. The van der Waals surface area contributed by atoms with Crippen LogP contribution >= 0.6 is 11.8 Å². The minimum absolute atomic E-state index is 0.0939. The highest BCUT2D eigenvalue weighted by atomic mass is 32.2. The first-order valence-electron chi connectivity index (χ1n) is 8.38. The number of imide groups is 1. The number of hydrogen-bond acceptors (Lipinski definition) is 4. The predicted octanol–water partition coefficient (Wildman–Crippen LogP) is 3.73. The van der Waals surface area contributed by atoms with Crippen LogP contribution in [0, 0.1) is 0 Å². The van der Waals surface area contributed by atoms with Gasteiger partial charge in [0, 0.05) is 11.9 Å². The fourth-order valence-electron chi connectivity index (χ4n) is 2.75. The lowest BCUT2D eigenvalue weighted by Gasteiger charge is -2.38. The van der Waals surface area contributed by atoms with E-state index in [0.717, 1.165) is 17.7 Å². The van der Waals surface area contributed by atoms with Crippen LogP contribution in [0.3, 0.4) is 0 Å². The van der Waals surface area contributed by atoms with Crippen molar-refractivity contribution in [3.8, 4) is 0 Å². The summed E-state index contributed by atoms with van der Waals surface area (Å²) < 4.78 is 0. The van der Waals surface area contributed by atoms with Gasteiger partial charge in [-0.05, 0) is 24.1 Å². The molecule has 0 radical (unpaired) electrons. The summed E-state index contributed by atoms with van der Waals surface area (Å²) in [4.78, 5) is 30.1. The quantitative estimate of drug-likeness (QED) is 0.802. The topological polar surface area (TPSA) is 62.3 Å². The van der Waals surface area contributed by atoms with E-state index in [1.165, 1.54) is 4.90 Å². The molecular formula is C19H21N3O2S. The predicted molar refractivity (Wildman–Crippen MR) is 98.8 cm³/mol. The summed E-state index contributed by atoms with van der Waals surface area (Å²) >= 11 is 1.57. The Morgan fingerprint density at radius 1 is 1.28 bits per heavy atom. The SMILES string of the molecule is CCC(NC(=O)N1C(=O)CC1SCc1ccccn1)c1ccccc1. The molecule has 0 aliphatic carbocycles. The zero-order valence-electron chi connectivity index (χ0n) is 14.1. The third-order valence-electron chi connectivity index (χ3n) is 4.18. The molecule has 0 saturated carbocycles. The first kappa shape index (κ1) is 17.5. The molecule has 6 heteroatoms. The van der Waals surface area contributed by atoms with Crippen LogP contribution in [0.15, 0.2) is 54.7 Å². The maximum atomic E-state index is 12.6. The molecule has 2 atom stereocenters. The Balaban J connectivity index is 1.59. The first-order chi connectivity index (χ1) is 12.2. The summed E-state index contributed by atoms with van der Waals surface area (Å²) in [7, 11) is 0. The Bertz CT molecular complexity index is 724. The average molecular weight is 355 g/mol. The molecule has 0 bridgehead atoms. The lowest BCUT2D eigenvalue weighted by atomic mass is 10.0. The Kier molecular flexibility index (Phi) is 5.71. The number of urea groups is 1. The van der Waals surface area contributed by atoms with Gasteiger partial charge in [-0.15, -0.1) is 11.8 Å². The van der Waals surface area contributed by atoms with Gasteiger partial charge in [-0.1, -0.05) is 43.3 Å². The Hall–Kier alpha value is -2.34. The van der Waals surface area contributed by atoms with Crippen LogP contribution in [0.25, 0.3) is 0 Å². The first-order valence-corrected chi connectivity index (χ1v) is 9.43. The molecule has 2 aromatic rings. The Morgan fingerprint density at radius 3 is 2.68 bits per heavy atom. The van der Waals surface area contributed by atoms with Crippen LogP contribution < -0.4 is 5.32 Å². The fourth-order valence-corrected chi connectivity index (χ4v) is 3.91. The van der Waals surface area contributed by atoms with Crippen molar-refractivity contribution in [2.45, 2.75) is 36.9 Å². The Morgan fingerprint density at radius 2 is 2.04 bits per heavy atom. The molecule has 3 rings (SSSR count). The molecule has 1 aromatic heterocycles. The molecule has 5 nitrogen and oxygen atoms in total. The van der Waals surface area contributed by atoms with E-state index in [4.69, 9.17) is 0 Å². The van der Waals surface area contributed by atoms with Gasteiger partial charge in [-0.3, -0.25) is 14.7 Å². The number of nitrogens with zero attached hydrogens (tertiary/aromatic N) is 2. The van der Waals surface area contributed by atoms with Crippen LogP contribution in [0.2, 0.25) is 0 Å². The molecular weight excluding hydrogens is 334 g/mol. The lowest BCUT2D eigenvalue weighted by molar-refractivity contribution is -0.137. The summed E-state index contributed by atoms with van der Waals surface area (Å²) in [6.07, 6.45) is 2.91. The number of carbonyl (C=O) groups excluding carboxylic acids is 2. The smallest absolute Gasteiger partial charge is 0.325 e. The highest BCUT2D eigenvalue weighted by Gasteiger charge is 2.41. The molecule has 0 spiro atoms. The van der Waals surface area contributed by atoms with Crippen molar-refractivity contribution in [2.75, 3.05) is 0 Å². The second kappa shape index (κ2) is 8.16. The van der Waals surface area contributed by atoms with Crippen molar-refractivity contribution in [1.82, 2.24) is 15.2 Å². The van der Waals surface area contributed by atoms with Crippen molar-refractivity contribution >= 4 is 23.7 Å². The van der Waals surface area contributed by atoms with Crippen LogP contribution in [0.1, 0.15) is 37.1 Å². The van der Waals surface area contributed by atoms with Gasteiger partial charge >= 0.3 is 6.03 Å². The summed E-state index contributed by atoms with van der Waals surface area (Å²) in [5.74, 6) is 0.553. The molecule has 2 unspecified atom stereocenters. The zero-order chi connectivity index (χ0) is 17.6. The van der Waals surface area contributed by atoms with E-state index in [1.54, 1.807) is 18.0 Å². The molecule has 130 valence electrons. The van der Waals surface area contributed by atoms with Crippen LogP contribution in [0.5, 0.6) is 0 Å². The van der Waals surface area contributed by atoms with Crippen LogP contribution in [-0.2, 0) is 10.5 Å². The number of hydrogen-bond donors (Lipinski definition) is 1. The standard InChI is InChI=1S/C19H21N3O2S/c1-2-16(14-8-4-3-5-9-14)21-19(24)22-17(23)12-18(22)25-13-15-10-6-7-11-20-15/h3-11,16,18H,2,12-13H2,1H3,(H,21,24). The van der Waals surface area contributed by atoms with Crippen molar-refractivity contribution in [1.29, 1.82) is 0 Å². The number of aromatic nitrogens is 1. The third kappa shape index (κ3) is 4.20. The van der Waals surface area contributed by atoms with Gasteiger partial charge in [0.2, 0.25) is 5.91 Å². The van der Waals surface area contributed by atoms with E-state index in [9.17, 15) is 9.59 Å². The number of benzene rings is 1. The number of carbonyl (C=O) groups is 2. The van der Waals surface area contributed by atoms with E-state index in [0.29, 0.717) is 12.2 Å². The van der Waals surface area contributed by atoms with Crippen molar-refractivity contribution in [3.63, 3.8) is 0 Å². The zero-order valence-corrected chi connectivity index (χ0v) is 14.9. The fraction of sp³-hybridized carbons (Fsp3) is 0.316. The van der Waals surface area contributed by atoms with E-state index >= 15 is 0 Å². The molecule has 1 fully saturated rings. The summed E-state index contributed by atoms with van der Waals surface area (Å²) in [5.41, 5.74) is 1.99. The largest absolute Gasteiger partial charge is 0.331 e. The number of amides is 3. The highest BCUT2D eigenvalue weighted by Crippen LogP contribution is 2.32. The second-order valence-corrected chi connectivity index (χ2v) is 7.04. The van der Waals surface area contributed by atoms with E-state index in [-0.39, 0.29) is 23.4 Å². The van der Waals surface area contributed by atoms with Crippen LogP contribution in [0.4, 0.5) is 4.79 Å². The third-order valence-corrected chi connectivity index (χ3v) is 5.41. The molecule has 1 aliphatic rings. The van der Waals surface area contributed by atoms with Gasteiger partial charge in [0.05, 0.1) is 23.5 Å². The monoisotopic (exact) mass is 355 g/mol. The van der Waals surface area contributed by atoms with Gasteiger partial charge in [0.15, 0.2) is 0 Å². The molecule has 3 amide bonds. The Labute approximate surface area is 151 Å². The van der Waals surface area contributed by atoms with Gasteiger partial charge < -0.3 is 5.32 Å². The maximum Gasteiger partial charge on any atom is 0.325 e. The lowest BCUT2D eigenvalue weighted by Crippen LogP contribution is -2.57. The van der Waals surface area contributed by atoms with Crippen molar-refractivity contribution in [3.05, 3.63) is 66.0 Å². The minimum atomic E-state index is -0.314. The number of thioether (sulfide) groups is 1. The number of pyridine rings is 1. The maximum absolute atomic E-state index is 12.6. The average Bonchev–Trinajstić information content (AvgIpc) is 2.64.